The number of halogens is 1. The zero-order valence-electron chi connectivity index (χ0n) is 11.5. The van der Waals surface area contributed by atoms with Crippen LogP contribution in [0.15, 0.2) is 24.4 Å². The number of aryl methyl sites for hydroxylation is 2. The summed E-state index contributed by atoms with van der Waals surface area (Å²) in [4.78, 5) is 11.9. The van der Waals surface area contributed by atoms with Gasteiger partial charge < -0.3 is 11.1 Å². The second-order valence-corrected chi connectivity index (χ2v) is 4.69. The number of nitrogens with one attached hydrogen (secondary N) is 1. The Kier molecular flexibility index (Phi) is 4.02. The van der Waals surface area contributed by atoms with Crippen molar-refractivity contribution >= 4 is 11.6 Å². The summed E-state index contributed by atoms with van der Waals surface area (Å²) in [5, 5.41) is 6.87. The molecule has 0 aliphatic rings. The van der Waals surface area contributed by atoms with Crippen LogP contribution in [-0.4, -0.2) is 22.2 Å². The fourth-order valence-electron chi connectivity index (χ4n) is 1.96. The van der Waals surface area contributed by atoms with Crippen LogP contribution in [0.4, 0.5) is 10.1 Å². The van der Waals surface area contributed by atoms with E-state index in [9.17, 15) is 9.18 Å². The van der Waals surface area contributed by atoms with Gasteiger partial charge in [-0.15, -0.1) is 0 Å². The van der Waals surface area contributed by atoms with E-state index in [2.05, 4.69) is 10.4 Å². The highest BCUT2D eigenvalue weighted by molar-refractivity contribution is 5.95. The standard InChI is InChI=1S/C14H17FN4O/c1-9-7-10(16)8-12(13(9)15)14(20)17-5-3-11-4-6-19(2)18-11/h4,6-8H,3,5,16H2,1-2H3,(H,17,20). The molecule has 2 aromatic rings. The quantitative estimate of drug-likeness (QED) is 0.830. The molecule has 3 N–H and O–H groups in total. The molecule has 106 valence electrons. The first-order valence-corrected chi connectivity index (χ1v) is 6.29. The summed E-state index contributed by atoms with van der Waals surface area (Å²) >= 11 is 0. The predicted molar refractivity (Wildman–Crippen MR) is 74.8 cm³/mol. The first-order valence-electron chi connectivity index (χ1n) is 6.29. The summed E-state index contributed by atoms with van der Waals surface area (Å²) in [5.41, 5.74) is 7.21. The van der Waals surface area contributed by atoms with Crippen LogP contribution in [0.5, 0.6) is 0 Å². The number of hydrogen-bond acceptors (Lipinski definition) is 3. The molecule has 0 aliphatic heterocycles. The van der Waals surface area contributed by atoms with Crippen LogP contribution in [0.3, 0.4) is 0 Å². The van der Waals surface area contributed by atoms with E-state index in [0.717, 1.165) is 5.69 Å². The van der Waals surface area contributed by atoms with Crippen LogP contribution < -0.4 is 11.1 Å². The highest BCUT2D eigenvalue weighted by Gasteiger charge is 2.14. The summed E-state index contributed by atoms with van der Waals surface area (Å²) < 4.78 is 15.5. The van der Waals surface area contributed by atoms with E-state index in [1.165, 1.54) is 12.1 Å². The van der Waals surface area contributed by atoms with Gasteiger partial charge in [0.15, 0.2) is 0 Å². The molecule has 1 amide bonds. The Balaban J connectivity index is 1.98. The molecule has 6 heteroatoms. The summed E-state index contributed by atoms with van der Waals surface area (Å²) in [7, 11) is 1.83. The average molecular weight is 276 g/mol. The van der Waals surface area contributed by atoms with Gasteiger partial charge in [0, 0.05) is 31.9 Å². The summed E-state index contributed by atoms with van der Waals surface area (Å²) in [6.45, 7) is 1.97. The molecule has 2 rings (SSSR count). The SMILES string of the molecule is Cc1cc(N)cc(C(=O)NCCc2ccn(C)n2)c1F. The molecule has 0 aliphatic carbocycles. The lowest BCUT2D eigenvalue weighted by Gasteiger charge is -2.08. The fraction of sp³-hybridized carbons (Fsp3) is 0.286. The number of nitrogens with two attached hydrogens (primary N) is 1. The molecule has 0 spiro atoms. The van der Waals surface area contributed by atoms with E-state index >= 15 is 0 Å². The molecule has 0 fully saturated rings. The third kappa shape index (κ3) is 3.14. The van der Waals surface area contributed by atoms with Crippen molar-refractivity contribution in [1.82, 2.24) is 15.1 Å². The maximum Gasteiger partial charge on any atom is 0.254 e. The van der Waals surface area contributed by atoms with E-state index < -0.39 is 11.7 Å². The molecule has 0 unspecified atom stereocenters. The Morgan fingerprint density at radius 2 is 2.25 bits per heavy atom. The summed E-state index contributed by atoms with van der Waals surface area (Å²) in [6, 6.07) is 4.72. The van der Waals surface area contributed by atoms with Crippen LogP contribution in [0.25, 0.3) is 0 Å². The van der Waals surface area contributed by atoms with Gasteiger partial charge in [-0.25, -0.2) is 4.39 Å². The number of benzene rings is 1. The Labute approximate surface area is 116 Å². The van der Waals surface area contributed by atoms with E-state index in [0.29, 0.717) is 24.2 Å². The molecule has 20 heavy (non-hydrogen) atoms. The zero-order valence-corrected chi connectivity index (χ0v) is 11.5. The van der Waals surface area contributed by atoms with Crippen molar-refractivity contribution in [2.75, 3.05) is 12.3 Å². The molecule has 0 saturated carbocycles. The molecule has 1 aromatic heterocycles. The molecular formula is C14H17FN4O. The van der Waals surface area contributed by atoms with Gasteiger partial charge in [-0.1, -0.05) is 0 Å². The highest BCUT2D eigenvalue weighted by atomic mass is 19.1. The minimum absolute atomic E-state index is 0.0245. The zero-order chi connectivity index (χ0) is 14.7. The van der Waals surface area contributed by atoms with Gasteiger partial charge in [-0.2, -0.15) is 5.10 Å². The van der Waals surface area contributed by atoms with Crippen molar-refractivity contribution in [3.63, 3.8) is 0 Å². The lowest BCUT2D eigenvalue weighted by atomic mass is 10.1. The summed E-state index contributed by atoms with van der Waals surface area (Å²) in [5.74, 6) is -0.997. The number of amides is 1. The highest BCUT2D eigenvalue weighted by Crippen LogP contribution is 2.16. The monoisotopic (exact) mass is 276 g/mol. The Hall–Kier alpha value is -2.37. The first kappa shape index (κ1) is 14.0. The van der Waals surface area contributed by atoms with Gasteiger partial charge in [-0.05, 0) is 30.7 Å². The van der Waals surface area contributed by atoms with Gasteiger partial charge in [-0.3, -0.25) is 9.48 Å². The smallest absolute Gasteiger partial charge is 0.254 e. The van der Waals surface area contributed by atoms with Crippen molar-refractivity contribution in [3.8, 4) is 0 Å². The third-order valence-electron chi connectivity index (χ3n) is 2.96. The first-order chi connectivity index (χ1) is 9.47. The maximum absolute atomic E-state index is 13.9. The molecule has 0 atom stereocenters. The van der Waals surface area contributed by atoms with E-state index in [1.54, 1.807) is 11.6 Å². The molecule has 1 heterocycles. The minimum Gasteiger partial charge on any atom is -0.399 e. The van der Waals surface area contributed by atoms with Crippen LogP contribution in [-0.2, 0) is 13.5 Å². The van der Waals surface area contributed by atoms with Crippen molar-refractivity contribution in [2.45, 2.75) is 13.3 Å². The number of carbonyl (C=O) groups excluding carboxylic acids is 1. The minimum atomic E-state index is -0.533. The Morgan fingerprint density at radius 3 is 2.90 bits per heavy atom. The lowest BCUT2D eigenvalue weighted by Crippen LogP contribution is -2.27. The maximum atomic E-state index is 13.9. The number of anilines is 1. The predicted octanol–water partition coefficient (Wildman–Crippen LogP) is 1.42. The van der Waals surface area contributed by atoms with E-state index in [4.69, 9.17) is 5.73 Å². The van der Waals surface area contributed by atoms with E-state index in [-0.39, 0.29) is 5.56 Å². The largest absolute Gasteiger partial charge is 0.399 e. The third-order valence-corrected chi connectivity index (χ3v) is 2.96. The summed E-state index contributed by atoms with van der Waals surface area (Å²) in [6.07, 6.45) is 2.42. The molecule has 0 radical (unpaired) electrons. The van der Waals surface area contributed by atoms with Gasteiger partial charge in [0.25, 0.3) is 5.91 Å². The van der Waals surface area contributed by atoms with Crippen LogP contribution >= 0.6 is 0 Å². The topological polar surface area (TPSA) is 72.9 Å². The van der Waals surface area contributed by atoms with Gasteiger partial charge >= 0.3 is 0 Å². The lowest BCUT2D eigenvalue weighted by molar-refractivity contribution is 0.0950. The Bertz CT molecular complexity index is 636. The van der Waals surface area contributed by atoms with Crippen molar-refractivity contribution < 1.29 is 9.18 Å². The number of aromatic nitrogens is 2. The fourth-order valence-corrected chi connectivity index (χ4v) is 1.96. The Morgan fingerprint density at radius 1 is 1.50 bits per heavy atom. The number of hydrogen-bond donors (Lipinski definition) is 2. The molecule has 5 nitrogen and oxygen atoms in total. The van der Waals surface area contributed by atoms with Crippen LogP contribution in [0, 0.1) is 12.7 Å². The average Bonchev–Trinajstić information content (AvgIpc) is 2.79. The van der Waals surface area contributed by atoms with Crippen molar-refractivity contribution in [3.05, 3.63) is 47.0 Å². The van der Waals surface area contributed by atoms with Gasteiger partial charge in [0.1, 0.15) is 5.82 Å². The molecule has 0 saturated heterocycles. The van der Waals surface area contributed by atoms with Crippen LogP contribution in [0.2, 0.25) is 0 Å². The van der Waals surface area contributed by atoms with Crippen molar-refractivity contribution in [1.29, 1.82) is 0 Å². The molecule has 0 bridgehead atoms. The molecule has 1 aromatic carbocycles. The number of rotatable bonds is 4. The number of nitrogens with zero attached hydrogens (tertiary/aromatic N) is 2. The van der Waals surface area contributed by atoms with Crippen LogP contribution in [0.1, 0.15) is 21.6 Å². The van der Waals surface area contributed by atoms with E-state index in [1.807, 2.05) is 19.3 Å². The second-order valence-electron chi connectivity index (χ2n) is 4.69. The normalized spacial score (nSPS) is 10.6. The van der Waals surface area contributed by atoms with Gasteiger partial charge in [0.2, 0.25) is 0 Å². The second kappa shape index (κ2) is 5.73. The molecular weight excluding hydrogens is 259 g/mol. The number of nitrogen functional groups attached to an aromatic ring is 1. The number of carbonyl (C=O) groups is 1. The van der Waals surface area contributed by atoms with Gasteiger partial charge in [0.05, 0.1) is 11.3 Å². The van der Waals surface area contributed by atoms with Crippen molar-refractivity contribution in [2.24, 2.45) is 7.05 Å².